The molecule has 0 aliphatic rings. The second-order valence-corrected chi connectivity index (χ2v) is 5.32. The van der Waals surface area contributed by atoms with E-state index in [-0.39, 0.29) is 5.75 Å². The molecule has 0 atom stereocenters. The van der Waals surface area contributed by atoms with Crippen molar-refractivity contribution in [3.8, 4) is 11.5 Å². The molecule has 1 heterocycles. The van der Waals surface area contributed by atoms with Crippen LogP contribution in [-0.4, -0.2) is 16.7 Å². The summed E-state index contributed by atoms with van der Waals surface area (Å²) in [6, 6.07) is 7.22. The number of para-hydroxylation sites is 1. The van der Waals surface area contributed by atoms with Crippen molar-refractivity contribution in [3.63, 3.8) is 0 Å². The van der Waals surface area contributed by atoms with Crippen molar-refractivity contribution in [3.05, 3.63) is 45.7 Å². The van der Waals surface area contributed by atoms with Crippen LogP contribution in [0.1, 0.15) is 12.5 Å². The molecule has 0 amide bonds. The highest BCUT2D eigenvalue weighted by Crippen LogP contribution is 2.31. The van der Waals surface area contributed by atoms with Gasteiger partial charge in [0.2, 0.25) is 0 Å². The summed E-state index contributed by atoms with van der Waals surface area (Å²) in [7, 11) is 0. The van der Waals surface area contributed by atoms with Crippen molar-refractivity contribution in [2.24, 2.45) is 0 Å². The molecule has 2 rings (SSSR count). The largest absolute Gasteiger partial charge is 0.504 e. The zero-order chi connectivity index (χ0) is 14.5. The maximum absolute atomic E-state index is 10.1. The summed E-state index contributed by atoms with van der Waals surface area (Å²) in [4.78, 5) is 4.03. The highest BCUT2D eigenvalue weighted by molar-refractivity contribution is 9.10. The Morgan fingerprint density at radius 3 is 3.00 bits per heavy atom. The van der Waals surface area contributed by atoms with Gasteiger partial charge in [-0.3, -0.25) is 0 Å². The summed E-state index contributed by atoms with van der Waals surface area (Å²) in [6.07, 6.45) is 1.63. The van der Waals surface area contributed by atoms with Crippen molar-refractivity contribution in [1.29, 1.82) is 0 Å². The third kappa shape index (κ3) is 3.55. The molecule has 0 fully saturated rings. The van der Waals surface area contributed by atoms with Gasteiger partial charge in [0.05, 0.1) is 12.3 Å². The molecule has 0 radical (unpaired) electrons. The van der Waals surface area contributed by atoms with Crippen molar-refractivity contribution < 1.29 is 9.84 Å². The molecule has 2 aromatic rings. The number of hydrogen-bond acceptors (Lipinski definition) is 4. The van der Waals surface area contributed by atoms with E-state index in [1.165, 1.54) is 0 Å². The van der Waals surface area contributed by atoms with Gasteiger partial charge in [0, 0.05) is 22.8 Å². The molecule has 6 heteroatoms. The number of halogens is 2. The Bertz CT molecular complexity index is 608. The Balaban J connectivity index is 2.14. The lowest BCUT2D eigenvalue weighted by Crippen LogP contribution is -2.02. The molecule has 20 heavy (non-hydrogen) atoms. The third-order valence-corrected chi connectivity index (χ3v) is 3.39. The van der Waals surface area contributed by atoms with Gasteiger partial charge in [0.1, 0.15) is 0 Å². The predicted octanol–water partition coefficient (Wildman–Crippen LogP) is 4.21. The first-order valence-electron chi connectivity index (χ1n) is 6.10. The van der Waals surface area contributed by atoms with Gasteiger partial charge in [0.15, 0.2) is 16.7 Å². The molecule has 0 saturated carbocycles. The summed E-state index contributed by atoms with van der Waals surface area (Å²) in [5.41, 5.74) is 1.43. The lowest BCUT2D eigenvalue weighted by atomic mass is 10.2. The smallest absolute Gasteiger partial charge is 0.162 e. The standard InChI is InChI=1S/C14H14BrClN2O2/c1-2-20-12-5-3-4-9(13(12)19)7-17-11-6-10(15)8-18-14(11)16/h3-6,8,17,19H,2,7H2,1H3. The normalized spacial score (nSPS) is 10.3. The van der Waals surface area contributed by atoms with Gasteiger partial charge in [-0.05, 0) is 35.0 Å². The van der Waals surface area contributed by atoms with E-state index in [4.69, 9.17) is 16.3 Å². The molecule has 0 aliphatic carbocycles. The predicted molar refractivity (Wildman–Crippen MR) is 83.5 cm³/mol. The molecule has 1 aromatic heterocycles. The van der Waals surface area contributed by atoms with Crippen molar-refractivity contribution in [1.82, 2.24) is 4.98 Å². The van der Waals surface area contributed by atoms with Gasteiger partial charge < -0.3 is 15.2 Å². The number of pyridine rings is 1. The summed E-state index contributed by atoms with van der Waals surface area (Å²) < 4.78 is 6.18. The van der Waals surface area contributed by atoms with Crippen LogP contribution in [0.4, 0.5) is 5.69 Å². The number of phenolic OH excluding ortho intramolecular Hbond substituents is 1. The fraction of sp³-hybridized carbons (Fsp3) is 0.214. The van der Waals surface area contributed by atoms with Crippen molar-refractivity contribution >= 4 is 33.2 Å². The van der Waals surface area contributed by atoms with Crippen LogP contribution in [0.2, 0.25) is 5.15 Å². The zero-order valence-electron chi connectivity index (χ0n) is 10.9. The Hall–Kier alpha value is -1.46. The topological polar surface area (TPSA) is 54.4 Å². The number of rotatable bonds is 5. The van der Waals surface area contributed by atoms with Crippen LogP contribution in [0, 0.1) is 0 Å². The fourth-order valence-corrected chi connectivity index (χ4v) is 2.22. The van der Waals surface area contributed by atoms with Gasteiger partial charge in [-0.25, -0.2) is 4.98 Å². The van der Waals surface area contributed by atoms with Crippen molar-refractivity contribution in [2.45, 2.75) is 13.5 Å². The molecule has 0 bridgehead atoms. The van der Waals surface area contributed by atoms with Crippen LogP contribution < -0.4 is 10.1 Å². The van der Waals surface area contributed by atoms with Crippen LogP contribution in [0.5, 0.6) is 11.5 Å². The minimum absolute atomic E-state index is 0.140. The molecular weight excluding hydrogens is 344 g/mol. The van der Waals surface area contributed by atoms with Crippen LogP contribution in [0.3, 0.4) is 0 Å². The summed E-state index contributed by atoms with van der Waals surface area (Å²) in [6.45, 7) is 2.80. The van der Waals surface area contributed by atoms with E-state index in [9.17, 15) is 5.11 Å². The average molecular weight is 358 g/mol. The molecule has 106 valence electrons. The van der Waals surface area contributed by atoms with E-state index >= 15 is 0 Å². The third-order valence-electron chi connectivity index (χ3n) is 2.66. The second kappa shape index (κ2) is 6.81. The number of ether oxygens (including phenoxy) is 1. The van der Waals surface area contributed by atoms with E-state index in [1.54, 1.807) is 12.3 Å². The number of phenols is 1. The number of aromatic nitrogens is 1. The molecule has 0 saturated heterocycles. The lowest BCUT2D eigenvalue weighted by Gasteiger charge is -2.12. The van der Waals surface area contributed by atoms with Gasteiger partial charge >= 0.3 is 0 Å². The van der Waals surface area contributed by atoms with Crippen LogP contribution in [0.25, 0.3) is 0 Å². The van der Waals surface area contributed by atoms with E-state index in [0.717, 1.165) is 10.0 Å². The fourth-order valence-electron chi connectivity index (χ4n) is 1.72. The first-order chi connectivity index (χ1) is 9.61. The summed E-state index contributed by atoms with van der Waals surface area (Å²) >= 11 is 9.34. The lowest BCUT2D eigenvalue weighted by molar-refractivity contribution is 0.317. The molecule has 0 unspecified atom stereocenters. The maximum atomic E-state index is 10.1. The maximum Gasteiger partial charge on any atom is 0.162 e. The first-order valence-corrected chi connectivity index (χ1v) is 7.27. The number of aromatic hydroxyl groups is 1. The minimum atomic E-state index is 0.140. The second-order valence-electron chi connectivity index (χ2n) is 4.04. The average Bonchev–Trinajstić information content (AvgIpc) is 2.43. The number of nitrogens with one attached hydrogen (secondary N) is 1. The van der Waals surface area contributed by atoms with Crippen LogP contribution >= 0.6 is 27.5 Å². The Kier molecular flexibility index (Phi) is 5.09. The van der Waals surface area contributed by atoms with Gasteiger partial charge in [0.25, 0.3) is 0 Å². The molecule has 1 aromatic carbocycles. The van der Waals surface area contributed by atoms with E-state index in [1.807, 2.05) is 25.1 Å². The number of anilines is 1. The van der Waals surface area contributed by atoms with Gasteiger partial charge in [-0.1, -0.05) is 23.7 Å². The van der Waals surface area contributed by atoms with Crippen LogP contribution in [0.15, 0.2) is 34.9 Å². The Morgan fingerprint density at radius 2 is 2.25 bits per heavy atom. The number of nitrogens with zero attached hydrogens (tertiary/aromatic N) is 1. The highest BCUT2D eigenvalue weighted by atomic mass is 79.9. The van der Waals surface area contributed by atoms with Crippen LogP contribution in [-0.2, 0) is 6.54 Å². The molecule has 0 aliphatic heterocycles. The molecule has 4 nitrogen and oxygen atoms in total. The number of hydrogen-bond donors (Lipinski definition) is 2. The quantitative estimate of drug-likeness (QED) is 0.787. The summed E-state index contributed by atoms with van der Waals surface area (Å²) in [5, 5.41) is 13.6. The zero-order valence-corrected chi connectivity index (χ0v) is 13.2. The van der Waals surface area contributed by atoms with Gasteiger partial charge in [-0.15, -0.1) is 0 Å². The number of benzene rings is 1. The SMILES string of the molecule is CCOc1cccc(CNc2cc(Br)cnc2Cl)c1O. The van der Waals surface area contributed by atoms with E-state index < -0.39 is 0 Å². The van der Waals surface area contributed by atoms with E-state index in [0.29, 0.717) is 29.7 Å². The molecule has 2 N–H and O–H groups in total. The molecule has 0 spiro atoms. The van der Waals surface area contributed by atoms with Gasteiger partial charge in [-0.2, -0.15) is 0 Å². The monoisotopic (exact) mass is 356 g/mol. The minimum Gasteiger partial charge on any atom is -0.504 e. The van der Waals surface area contributed by atoms with E-state index in [2.05, 4.69) is 26.2 Å². The summed E-state index contributed by atoms with van der Waals surface area (Å²) in [5.74, 6) is 0.617. The Morgan fingerprint density at radius 1 is 1.45 bits per heavy atom. The van der Waals surface area contributed by atoms with Crippen molar-refractivity contribution in [2.75, 3.05) is 11.9 Å². The molecular formula is C14H14BrClN2O2. The first kappa shape index (κ1) is 14.9. The highest BCUT2D eigenvalue weighted by Gasteiger charge is 2.09. The Labute approximate surface area is 130 Å².